The highest BCUT2D eigenvalue weighted by molar-refractivity contribution is 7.20. The van der Waals surface area contributed by atoms with Crippen LogP contribution in [0.3, 0.4) is 0 Å². The number of thiophene rings is 1. The summed E-state index contributed by atoms with van der Waals surface area (Å²) in [4.78, 5) is 61.7. The van der Waals surface area contributed by atoms with Gasteiger partial charge in [-0.3, -0.25) is 19.4 Å². The Balaban J connectivity index is 1.02. The number of ether oxygens (including phenoxy) is 3. The lowest BCUT2D eigenvalue weighted by Gasteiger charge is -2.20. The summed E-state index contributed by atoms with van der Waals surface area (Å²) in [6.07, 6.45) is 5.76. The van der Waals surface area contributed by atoms with Crippen molar-refractivity contribution in [2.24, 2.45) is 12.0 Å². The van der Waals surface area contributed by atoms with E-state index in [2.05, 4.69) is 20.6 Å². The van der Waals surface area contributed by atoms with E-state index in [9.17, 15) is 19.2 Å². The summed E-state index contributed by atoms with van der Waals surface area (Å²) in [6, 6.07) is 10.4. The highest BCUT2D eigenvalue weighted by atomic mass is 32.1. The largest absolute Gasteiger partial charge is 0.493 e. The maximum atomic E-state index is 13.1. The fourth-order valence-corrected chi connectivity index (χ4v) is 6.45. The molecule has 4 aromatic rings. The van der Waals surface area contributed by atoms with E-state index in [1.165, 1.54) is 30.1 Å². The molecule has 4 heterocycles. The molecule has 2 aliphatic heterocycles. The Morgan fingerprint density at radius 3 is 2.74 bits per heavy atom. The number of rotatable bonds is 10. The van der Waals surface area contributed by atoms with Crippen molar-refractivity contribution in [3.63, 3.8) is 0 Å². The first-order valence-corrected chi connectivity index (χ1v) is 15.5. The number of carbonyl (C=O) groups is 4. The minimum absolute atomic E-state index is 0.00362. The highest BCUT2D eigenvalue weighted by Crippen LogP contribution is 2.38. The van der Waals surface area contributed by atoms with Crippen molar-refractivity contribution < 1.29 is 33.4 Å². The van der Waals surface area contributed by atoms with Crippen molar-refractivity contribution >= 4 is 68.5 Å². The van der Waals surface area contributed by atoms with Gasteiger partial charge in [-0.2, -0.15) is 0 Å². The Morgan fingerprint density at radius 2 is 1.93 bits per heavy atom. The first-order chi connectivity index (χ1) is 22.2. The summed E-state index contributed by atoms with van der Waals surface area (Å²) in [6.45, 7) is 0.930. The van der Waals surface area contributed by atoms with Crippen LogP contribution in [0.15, 0.2) is 47.6 Å². The lowest BCUT2D eigenvalue weighted by molar-refractivity contribution is -0.116. The Hall–Kier alpha value is -5.24. The van der Waals surface area contributed by atoms with E-state index < -0.39 is 11.9 Å². The van der Waals surface area contributed by atoms with Crippen molar-refractivity contribution in [1.29, 1.82) is 0 Å². The maximum absolute atomic E-state index is 13.1. The first-order valence-electron chi connectivity index (χ1n) is 14.7. The maximum Gasteiger partial charge on any atom is 0.348 e. The van der Waals surface area contributed by atoms with Gasteiger partial charge in [0.05, 0.1) is 38.1 Å². The number of hydrogen-bond donors (Lipinski definition) is 2. The van der Waals surface area contributed by atoms with Crippen LogP contribution in [0.25, 0.3) is 10.1 Å². The number of fused-ring (bicyclic) bond motifs is 3. The normalized spacial score (nSPS) is 15.2. The third-order valence-electron chi connectivity index (χ3n) is 7.77. The van der Waals surface area contributed by atoms with Crippen molar-refractivity contribution in [3.05, 3.63) is 58.9 Å². The molecule has 2 aliphatic rings. The smallest absolute Gasteiger partial charge is 0.348 e. The molecule has 1 atom stereocenters. The number of methoxy groups -OCH3 is 2. The van der Waals surface area contributed by atoms with Gasteiger partial charge in [-0.1, -0.05) is 0 Å². The van der Waals surface area contributed by atoms with Gasteiger partial charge < -0.3 is 34.3 Å². The lowest BCUT2D eigenvalue weighted by Crippen LogP contribution is -2.35. The molecule has 1 fully saturated rings. The number of nitrogens with zero attached hydrogens (tertiary/aromatic N) is 4. The third kappa shape index (κ3) is 6.29. The molecule has 238 valence electrons. The zero-order valence-electron chi connectivity index (χ0n) is 25.5. The second-order valence-corrected chi connectivity index (χ2v) is 12.0. The van der Waals surface area contributed by atoms with Crippen LogP contribution in [0.2, 0.25) is 0 Å². The minimum Gasteiger partial charge on any atom is -0.493 e. The topological polar surface area (TPSA) is 153 Å². The van der Waals surface area contributed by atoms with E-state index in [0.29, 0.717) is 46.3 Å². The van der Waals surface area contributed by atoms with Crippen molar-refractivity contribution in [2.75, 3.05) is 38.0 Å². The zero-order chi connectivity index (χ0) is 32.4. The van der Waals surface area contributed by atoms with Crippen LogP contribution in [0.5, 0.6) is 11.5 Å². The molecule has 2 N–H and O–H groups in total. The molecule has 6 rings (SSSR count). The van der Waals surface area contributed by atoms with Gasteiger partial charge in [-0.05, 0) is 55.0 Å². The number of aliphatic imine (C=N–C) groups is 1. The Bertz CT molecular complexity index is 1880. The summed E-state index contributed by atoms with van der Waals surface area (Å²) in [7, 11) is 4.50. The standard InChI is InChI=1S/C32H32N6O7S/c1-37-17-27(36-29(37)30(40)34-19-8-9-25-18(12-19)13-26(46-25)32(42)44-3)35-28(39)7-5-11-45-24-15-22-21(14-23(24)43-2)31(41)38-10-4-6-20(38)16-33-22/h8-9,12-17,20H,4-7,10-11H2,1-3H3,(H,34,40)(H,35,39)/t20-/m0/s1. The van der Waals surface area contributed by atoms with Crippen LogP contribution >= 0.6 is 11.3 Å². The fraction of sp³-hybridized carbons (Fsp3) is 0.312. The monoisotopic (exact) mass is 644 g/mol. The van der Waals surface area contributed by atoms with Gasteiger partial charge in [-0.25, -0.2) is 9.78 Å². The van der Waals surface area contributed by atoms with Crippen LogP contribution in [0, 0.1) is 0 Å². The average Bonchev–Trinajstić information content (AvgIpc) is 3.77. The van der Waals surface area contributed by atoms with Crippen LogP contribution in [0.1, 0.15) is 56.3 Å². The molecule has 0 radical (unpaired) electrons. The second kappa shape index (κ2) is 13.0. The molecule has 0 spiro atoms. The summed E-state index contributed by atoms with van der Waals surface area (Å²) >= 11 is 1.31. The number of benzene rings is 2. The van der Waals surface area contributed by atoms with Crippen molar-refractivity contribution in [3.8, 4) is 11.5 Å². The van der Waals surface area contributed by atoms with E-state index in [4.69, 9.17) is 14.2 Å². The molecule has 2 aromatic carbocycles. The van der Waals surface area contributed by atoms with Crippen molar-refractivity contribution in [1.82, 2.24) is 14.5 Å². The molecule has 0 aliphatic carbocycles. The Morgan fingerprint density at radius 1 is 1.09 bits per heavy atom. The molecule has 13 nitrogen and oxygen atoms in total. The molecule has 46 heavy (non-hydrogen) atoms. The molecule has 0 bridgehead atoms. The summed E-state index contributed by atoms with van der Waals surface area (Å²) < 4.78 is 18.6. The molecular weight excluding hydrogens is 612 g/mol. The Labute approximate surface area is 268 Å². The predicted octanol–water partition coefficient (Wildman–Crippen LogP) is 4.80. The molecule has 2 aromatic heterocycles. The fourth-order valence-electron chi connectivity index (χ4n) is 5.49. The van der Waals surface area contributed by atoms with E-state index in [1.54, 1.807) is 43.6 Å². The molecule has 0 unspecified atom stereocenters. The number of hydrogen-bond acceptors (Lipinski definition) is 10. The molecular formula is C32H32N6O7S. The van der Waals surface area contributed by atoms with E-state index >= 15 is 0 Å². The lowest BCUT2D eigenvalue weighted by atomic mass is 10.1. The van der Waals surface area contributed by atoms with Gasteiger partial charge in [0.2, 0.25) is 11.7 Å². The van der Waals surface area contributed by atoms with Crippen LogP contribution in [-0.4, -0.2) is 77.8 Å². The van der Waals surface area contributed by atoms with Gasteiger partial charge >= 0.3 is 5.97 Å². The van der Waals surface area contributed by atoms with E-state index in [-0.39, 0.29) is 42.5 Å². The number of imidazole rings is 1. The summed E-state index contributed by atoms with van der Waals surface area (Å²) in [5, 5.41) is 6.33. The summed E-state index contributed by atoms with van der Waals surface area (Å²) in [5.41, 5.74) is 1.54. The first kappa shape index (κ1) is 30.8. The zero-order valence-corrected chi connectivity index (χ0v) is 26.3. The number of amides is 3. The third-order valence-corrected chi connectivity index (χ3v) is 8.87. The van der Waals surface area contributed by atoms with Gasteiger partial charge in [0, 0.05) is 48.9 Å². The van der Waals surface area contributed by atoms with E-state index in [1.807, 2.05) is 17.2 Å². The number of nitrogens with one attached hydrogen (secondary N) is 2. The number of carbonyl (C=O) groups excluding carboxylic acids is 4. The SMILES string of the molecule is COC(=O)c1cc2cc(NC(=O)c3nc(NC(=O)CCCOc4cc5c(cc4OC)C(=O)N4CCC[C@H]4C=N5)cn3C)ccc2s1. The Kier molecular flexibility index (Phi) is 8.70. The van der Waals surface area contributed by atoms with Crippen molar-refractivity contribution in [2.45, 2.75) is 31.7 Å². The van der Waals surface area contributed by atoms with Gasteiger partial charge in [0.25, 0.3) is 11.8 Å². The molecule has 1 saturated heterocycles. The second-order valence-electron chi connectivity index (χ2n) is 10.9. The average molecular weight is 645 g/mol. The quantitative estimate of drug-likeness (QED) is 0.184. The van der Waals surface area contributed by atoms with E-state index in [0.717, 1.165) is 22.9 Å². The number of aryl methyl sites for hydroxylation is 1. The molecule has 14 heteroatoms. The van der Waals surface area contributed by atoms with Crippen LogP contribution in [-0.2, 0) is 16.6 Å². The van der Waals surface area contributed by atoms with Crippen LogP contribution < -0.4 is 20.1 Å². The van der Waals surface area contributed by atoms with Gasteiger partial charge in [0.15, 0.2) is 17.3 Å². The molecule has 0 saturated carbocycles. The summed E-state index contributed by atoms with van der Waals surface area (Å²) in [5.74, 6) is -0.0201. The van der Waals surface area contributed by atoms with Crippen LogP contribution in [0.4, 0.5) is 17.2 Å². The number of esters is 1. The predicted molar refractivity (Wildman–Crippen MR) is 173 cm³/mol. The number of anilines is 2. The van der Waals surface area contributed by atoms with Gasteiger partial charge in [-0.15, -0.1) is 11.3 Å². The van der Waals surface area contributed by atoms with Gasteiger partial charge in [0.1, 0.15) is 4.88 Å². The minimum atomic E-state index is -0.458. The number of aromatic nitrogens is 2. The molecule has 3 amide bonds. The highest BCUT2D eigenvalue weighted by Gasteiger charge is 2.32.